The highest BCUT2D eigenvalue weighted by molar-refractivity contribution is 9.10. The third kappa shape index (κ3) is 2.84. The van der Waals surface area contributed by atoms with Crippen LogP contribution in [0.15, 0.2) is 47.1 Å². The Balaban J connectivity index is 1.57. The molecule has 2 aromatic heterocycles. The molecular formula is C19H18BrN3O. The molecule has 0 saturated heterocycles. The number of aromatic nitrogens is 2. The van der Waals surface area contributed by atoms with E-state index in [1.54, 1.807) is 0 Å². The molecule has 24 heavy (non-hydrogen) atoms. The summed E-state index contributed by atoms with van der Waals surface area (Å²) in [6, 6.07) is 11.8. The van der Waals surface area contributed by atoms with E-state index in [1.165, 1.54) is 11.3 Å². The largest absolute Gasteiger partial charge is 0.326 e. The SMILES string of the molecule is Cc1ccc2nc3c(n2c1)CC(C(=O)Nc1ccc(Br)cc1)CC3. The van der Waals surface area contributed by atoms with Gasteiger partial charge in [-0.25, -0.2) is 4.98 Å². The van der Waals surface area contributed by atoms with Crippen molar-refractivity contribution in [3.05, 3.63) is 64.0 Å². The number of pyridine rings is 1. The normalized spacial score (nSPS) is 16.8. The molecule has 4 nitrogen and oxygen atoms in total. The number of hydrogen-bond donors (Lipinski definition) is 1. The van der Waals surface area contributed by atoms with Gasteiger partial charge in [-0.1, -0.05) is 22.0 Å². The fourth-order valence-corrected chi connectivity index (χ4v) is 3.58. The lowest BCUT2D eigenvalue weighted by Crippen LogP contribution is -2.28. The maximum atomic E-state index is 12.6. The van der Waals surface area contributed by atoms with Crippen molar-refractivity contribution in [2.45, 2.75) is 26.2 Å². The summed E-state index contributed by atoms with van der Waals surface area (Å²) < 4.78 is 3.15. The van der Waals surface area contributed by atoms with E-state index in [9.17, 15) is 4.79 Å². The van der Waals surface area contributed by atoms with E-state index >= 15 is 0 Å². The molecule has 1 aromatic carbocycles. The predicted molar refractivity (Wildman–Crippen MR) is 98.2 cm³/mol. The van der Waals surface area contributed by atoms with Crippen LogP contribution in [-0.2, 0) is 17.6 Å². The molecular weight excluding hydrogens is 366 g/mol. The van der Waals surface area contributed by atoms with Gasteiger partial charge in [-0.3, -0.25) is 4.79 Å². The van der Waals surface area contributed by atoms with Crippen molar-refractivity contribution in [1.82, 2.24) is 9.38 Å². The van der Waals surface area contributed by atoms with Crippen molar-refractivity contribution in [3.63, 3.8) is 0 Å². The van der Waals surface area contributed by atoms with Crippen molar-refractivity contribution >= 4 is 33.2 Å². The Morgan fingerprint density at radius 3 is 2.83 bits per heavy atom. The van der Waals surface area contributed by atoms with E-state index in [-0.39, 0.29) is 11.8 Å². The van der Waals surface area contributed by atoms with Crippen molar-refractivity contribution < 1.29 is 4.79 Å². The Morgan fingerprint density at radius 1 is 1.25 bits per heavy atom. The molecule has 1 aliphatic rings. The molecule has 0 radical (unpaired) electrons. The molecule has 1 atom stereocenters. The van der Waals surface area contributed by atoms with Crippen molar-refractivity contribution in [2.75, 3.05) is 5.32 Å². The highest BCUT2D eigenvalue weighted by Gasteiger charge is 2.28. The van der Waals surface area contributed by atoms with Crippen LogP contribution in [0.3, 0.4) is 0 Å². The Kier molecular flexibility index (Phi) is 3.88. The van der Waals surface area contributed by atoms with Gasteiger partial charge in [0.15, 0.2) is 0 Å². The monoisotopic (exact) mass is 383 g/mol. The second-order valence-electron chi connectivity index (χ2n) is 6.38. The van der Waals surface area contributed by atoms with Gasteiger partial charge in [0.25, 0.3) is 0 Å². The average Bonchev–Trinajstić information content (AvgIpc) is 2.94. The minimum atomic E-state index is -0.0124. The summed E-state index contributed by atoms with van der Waals surface area (Å²) in [5, 5.41) is 3.03. The highest BCUT2D eigenvalue weighted by Crippen LogP contribution is 2.28. The summed E-state index contributed by atoms with van der Waals surface area (Å²) in [5.41, 5.74) is 5.32. The van der Waals surface area contributed by atoms with Gasteiger partial charge in [-0.2, -0.15) is 0 Å². The quantitative estimate of drug-likeness (QED) is 0.722. The minimum Gasteiger partial charge on any atom is -0.326 e. The van der Waals surface area contributed by atoms with Crippen LogP contribution in [0, 0.1) is 12.8 Å². The van der Waals surface area contributed by atoms with E-state index in [4.69, 9.17) is 4.98 Å². The summed E-state index contributed by atoms with van der Waals surface area (Å²) in [4.78, 5) is 17.3. The molecule has 3 aromatic rings. The summed E-state index contributed by atoms with van der Waals surface area (Å²) in [5.74, 6) is 0.0761. The summed E-state index contributed by atoms with van der Waals surface area (Å²) in [6.45, 7) is 2.08. The third-order valence-corrected chi connectivity index (χ3v) is 5.13. The number of rotatable bonds is 2. The Hall–Kier alpha value is -2.14. The van der Waals surface area contributed by atoms with Gasteiger partial charge in [0.05, 0.1) is 5.69 Å². The molecule has 1 unspecified atom stereocenters. The van der Waals surface area contributed by atoms with Crippen LogP contribution >= 0.6 is 15.9 Å². The van der Waals surface area contributed by atoms with Crippen LogP contribution < -0.4 is 5.32 Å². The molecule has 1 N–H and O–H groups in total. The fraction of sp³-hybridized carbons (Fsp3) is 0.263. The van der Waals surface area contributed by atoms with Gasteiger partial charge in [0.1, 0.15) is 5.65 Å². The second-order valence-corrected chi connectivity index (χ2v) is 7.29. The zero-order valence-electron chi connectivity index (χ0n) is 13.4. The van der Waals surface area contributed by atoms with E-state index < -0.39 is 0 Å². The Bertz CT molecular complexity index is 914. The number of nitrogens with one attached hydrogen (secondary N) is 1. The minimum absolute atomic E-state index is 0.0124. The van der Waals surface area contributed by atoms with E-state index in [0.717, 1.165) is 40.8 Å². The van der Waals surface area contributed by atoms with Gasteiger partial charge in [-0.15, -0.1) is 0 Å². The molecule has 5 heteroatoms. The zero-order chi connectivity index (χ0) is 16.7. The topological polar surface area (TPSA) is 46.4 Å². The van der Waals surface area contributed by atoms with Crippen LogP contribution in [-0.4, -0.2) is 15.3 Å². The first-order valence-corrected chi connectivity index (χ1v) is 8.92. The molecule has 2 heterocycles. The first kappa shape index (κ1) is 15.4. The van der Waals surface area contributed by atoms with Crippen molar-refractivity contribution in [2.24, 2.45) is 5.92 Å². The molecule has 0 spiro atoms. The first-order chi connectivity index (χ1) is 11.6. The summed E-state index contributed by atoms with van der Waals surface area (Å²) >= 11 is 3.41. The molecule has 1 amide bonds. The standard InChI is InChI=1S/C19H18BrN3O/c1-12-2-9-18-22-16-8-3-13(10-17(16)23(18)11-12)19(24)21-15-6-4-14(20)5-7-15/h2,4-7,9,11,13H,3,8,10H2,1H3,(H,21,24). The first-order valence-electron chi connectivity index (χ1n) is 8.13. The van der Waals surface area contributed by atoms with Crippen LogP contribution in [0.2, 0.25) is 0 Å². The van der Waals surface area contributed by atoms with E-state index in [2.05, 4.69) is 44.8 Å². The molecule has 0 fully saturated rings. The number of benzene rings is 1. The Labute approximate surface area is 149 Å². The smallest absolute Gasteiger partial charge is 0.227 e. The van der Waals surface area contributed by atoms with Gasteiger partial charge in [0.2, 0.25) is 5.91 Å². The van der Waals surface area contributed by atoms with Crippen molar-refractivity contribution in [1.29, 1.82) is 0 Å². The maximum absolute atomic E-state index is 12.6. The predicted octanol–water partition coefficient (Wildman–Crippen LogP) is 4.15. The number of aryl methyl sites for hydroxylation is 2. The lowest BCUT2D eigenvalue weighted by Gasteiger charge is -2.21. The molecule has 122 valence electrons. The number of hydrogen-bond acceptors (Lipinski definition) is 2. The number of carbonyl (C=O) groups is 1. The number of amides is 1. The number of carbonyl (C=O) groups excluding carboxylic acids is 1. The molecule has 0 saturated carbocycles. The van der Waals surface area contributed by atoms with Crippen LogP contribution in [0.4, 0.5) is 5.69 Å². The Morgan fingerprint density at radius 2 is 2.04 bits per heavy atom. The van der Waals surface area contributed by atoms with Gasteiger partial charge in [-0.05, 0) is 55.7 Å². The van der Waals surface area contributed by atoms with Crippen LogP contribution in [0.25, 0.3) is 5.65 Å². The zero-order valence-corrected chi connectivity index (χ0v) is 15.0. The number of nitrogens with zero attached hydrogens (tertiary/aromatic N) is 2. The van der Waals surface area contributed by atoms with Gasteiger partial charge >= 0.3 is 0 Å². The average molecular weight is 384 g/mol. The number of halogens is 1. The number of fused-ring (bicyclic) bond motifs is 3. The summed E-state index contributed by atoms with van der Waals surface area (Å²) in [6.07, 6.45) is 4.55. The van der Waals surface area contributed by atoms with Crippen molar-refractivity contribution in [3.8, 4) is 0 Å². The third-order valence-electron chi connectivity index (χ3n) is 4.60. The fourth-order valence-electron chi connectivity index (χ4n) is 3.31. The summed E-state index contributed by atoms with van der Waals surface area (Å²) in [7, 11) is 0. The lowest BCUT2D eigenvalue weighted by molar-refractivity contribution is -0.120. The molecule has 0 aliphatic heterocycles. The number of imidazole rings is 1. The molecule has 1 aliphatic carbocycles. The van der Waals surface area contributed by atoms with Crippen LogP contribution in [0.5, 0.6) is 0 Å². The lowest BCUT2D eigenvalue weighted by atomic mass is 9.89. The van der Waals surface area contributed by atoms with E-state index in [1.807, 2.05) is 30.3 Å². The number of anilines is 1. The second kappa shape index (κ2) is 6.06. The van der Waals surface area contributed by atoms with Gasteiger partial charge in [0, 0.05) is 34.4 Å². The van der Waals surface area contributed by atoms with Crippen LogP contribution in [0.1, 0.15) is 23.4 Å². The maximum Gasteiger partial charge on any atom is 0.227 e. The molecule has 4 rings (SSSR count). The van der Waals surface area contributed by atoms with E-state index in [0.29, 0.717) is 0 Å². The molecule has 0 bridgehead atoms. The highest BCUT2D eigenvalue weighted by atomic mass is 79.9. The van der Waals surface area contributed by atoms with Gasteiger partial charge < -0.3 is 9.72 Å².